The molecule has 0 atom stereocenters. The van der Waals surface area contributed by atoms with Gasteiger partial charge in [0, 0.05) is 18.5 Å². The molecule has 2 rings (SSSR count). The monoisotopic (exact) mass is 236 g/mol. The quantitative estimate of drug-likeness (QED) is 0.879. The third-order valence-electron chi connectivity index (χ3n) is 2.36. The first-order valence-corrected chi connectivity index (χ1v) is 5.40. The zero-order valence-electron chi connectivity index (χ0n) is 9.02. The molecular weight excluding hydrogens is 224 g/mol. The van der Waals surface area contributed by atoms with Gasteiger partial charge in [-0.15, -0.1) is 0 Å². The van der Waals surface area contributed by atoms with Crippen LogP contribution in [-0.2, 0) is 20.0 Å². The molecule has 0 amide bonds. The third kappa shape index (κ3) is 2.40. The summed E-state index contributed by atoms with van der Waals surface area (Å²) in [6, 6.07) is 7.68. The normalized spacial score (nSPS) is 10.7. The van der Waals surface area contributed by atoms with Gasteiger partial charge in [0.1, 0.15) is 5.82 Å². The summed E-state index contributed by atoms with van der Waals surface area (Å²) in [6.45, 7) is 0.407. The average Bonchev–Trinajstić information content (AvgIpc) is 2.62. The first kappa shape index (κ1) is 11.1. The van der Waals surface area contributed by atoms with Gasteiger partial charge in [0.05, 0.1) is 6.54 Å². The Morgan fingerprint density at radius 1 is 1.31 bits per heavy atom. The van der Waals surface area contributed by atoms with Crippen LogP contribution in [-0.4, -0.2) is 14.8 Å². The Morgan fingerprint density at radius 2 is 2.00 bits per heavy atom. The summed E-state index contributed by atoms with van der Waals surface area (Å²) >= 11 is 5.81. The minimum atomic E-state index is 0.407. The summed E-state index contributed by atoms with van der Waals surface area (Å²) in [4.78, 5) is 4.34. The van der Waals surface area contributed by atoms with Crippen molar-refractivity contribution in [1.29, 1.82) is 0 Å². The second-order valence-corrected chi connectivity index (χ2v) is 4.01. The van der Waals surface area contributed by atoms with E-state index in [0.717, 1.165) is 22.2 Å². The van der Waals surface area contributed by atoms with Crippen molar-refractivity contribution in [3.63, 3.8) is 0 Å². The van der Waals surface area contributed by atoms with Crippen LogP contribution < -0.4 is 5.73 Å². The lowest BCUT2D eigenvalue weighted by molar-refractivity contribution is 0.696. The Morgan fingerprint density at radius 3 is 2.56 bits per heavy atom. The molecule has 0 radical (unpaired) electrons. The minimum absolute atomic E-state index is 0.407. The van der Waals surface area contributed by atoms with Crippen molar-refractivity contribution >= 4 is 11.6 Å². The van der Waals surface area contributed by atoms with Crippen molar-refractivity contribution in [2.75, 3.05) is 0 Å². The topological polar surface area (TPSA) is 56.7 Å². The third-order valence-corrected chi connectivity index (χ3v) is 2.61. The van der Waals surface area contributed by atoms with E-state index in [2.05, 4.69) is 10.1 Å². The number of nitrogens with zero attached hydrogens (tertiary/aromatic N) is 3. The van der Waals surface area contributed by atoms with E-state index >= 15 is 0 Å². The van der Waals surface area contributed by atoms with Crippen LogP contribution in [0.5, 0.6) is 0 Å². The van der Waals surface area contributed by atoms with Crippen LogP contribution in [0.25, 0.3) is 0 Å². The van der Waals surface area contributed by atoms with Crippen molar-refractivity contribution in [2.24, 2.45) is 12.8 Å². The van der Waals surface area contributed by atoms with Gasteiger partial charge in [0.15, 0.2) is 5.82 Å². The number of aryl methyl sites for hydroxylation is 1. The van der Waals surface area contributed by atoms with E-state index in [9.17, 15) is 0 Å². The molecule has 0 aliphatic rings. The summed E-state index contributed by atoms with van der Waals surface area (Å²) < 4.78 is 1.71. The Labute approximate surface area is 99.1 Å². The number of hydrogen-bond acceptors (Lipinski definition) is 3. The van der Waals surface area contributed by atoms with E-state index in [1.165, 1.54) is 0 Å². The van der Waals surface area contributed by atoms with E-state index in [0.29, 0.717) is 13.0 Å². The highest BCUT2D eigenvalue weighted by Crippen LogP contribution is 2.12. The van der Waals surface area contributed by atoms with E-state index in [1.807, 2.05) is 31.3 Å². The predicted molar refractivity (Wildman–Crippen MR) is 63.2 cm³/mol. The Kier molecular flexibility index (Phi) is 3.22. The SMILES string of the molecule is Cn1nc(Cc2ccc(Cl)cc2)nc1CN. The maximum absolute atomic E-state index is 5.81. The maximum Gasteiger partial charge on any atom is 0.155 e. The molecule has 1 aromatic heterocycles. The molecule has 0 spiro atoms. The first-order chi connectivity index (χ1) is 7.69. The van der Waals surface area contributed by atoms with Crippen LogP contribution in [0.3, 0.4) is 0 Å². The van der Waals surface area contributed by atoms with Crippen molar-refractivity contribution in [2.45, 2.75) is 13.0 Å². The summed E-state index contributed by atoms with van der Waals surface area (Å²) in [5.41, 5.74) is 6.67. The summed E-state index contributed by atoms with van der Waals surface area (Å²) in [7, 11) is 1.85. The van der Waals surface area contributed by atoms with Crippen LogP contribution in [0, 0.1) is 0 Å². The number of hydrogen-bond donors (Lipinski definition) is 1. The van der Waals surface area contributed by atoms with Crippen LogP contribution in [0.4, 0.5) is 0 Å². The van der Waals surface area contributed by atoms with Gasteiger partial charge in [-0.2, -0.15) is 5.10 Å². The zero-order valence-corrected chi connectivity index (χ0v) is 9.78. The molecule has 16 heavy (non-hydrogen) atoms. The number of benzene rings is 1. The molecule has 0 saturated heterocycles. The highest BCUT2D eigenvalue weighted by molar-refractivity contribution is 6.30. The summed E-state index contributed by atoms with van der Waals surface area (Å²) in [5.74, 6) is 1.58. The van der Waals surface area contributed by atoms with Crippen LogP contribution in [0.2, 0.25) is 5.02 Å². The Hall–Kier alpha value is -1.39. The standard InChI is InChI=1S/C11H13ClN4/c1-16-11(7-13)14-10(15-16)6-8-2-4-9(12)5-3-8/h2-5H,6-7,13H2,1H3. The molecule has 0 aliphatic carbocycles. The van der Waals surface area contributed by atoms with E-state index in [-0.39, 0.29) is 0 Å². The summed E-state index contributed by atoms with van der Waals surface area (Å²) in [5, 5.41) is 5.03. The highest BCUT2D eigenvalue weighted by Gasteiger charge is 2.06. The molecule has 84 valence electrons. The van der Waals surface area contributed by atoms with Crippen LogP contribution in [0.15, 0.2) is 24.3 Å². The molecule has 5 heteroatoms. The van der Waals surface area contributed by atoms with Gasteiger partial charge in [-0.25, -0.2) is 4.98 Å². The van der Waals surface area contributed by atoms with Gasteiger partial charge >= 0.3 is 0 Å². The van der Waals surface area contributed by atoms with Gasteiger partial charge in [-0.3, -0.25) is 4.68 Å². The Balaban J connectivity index is 2.17. The largest absolute Gasteiger partial charge is 0.324 e. The highest BCUT2D eigenvalue weighted by atomic mass is 35.5. The molecule has 4 nitrogen and oxygen atoms in total. The lowest BCUT2D eigenvalue weighted by atomic mass is 10.1. The van der Waals surface area contributed by atoms with Gasteiger partial charge in [0.2, 0.25) is 0 Å². The molecule has 0 fully saturated rings. The molecule has 1 aromatic carbocycles. The maximum atomic E-state index is 5.81. The molecule has 0 unspecified atom stereocenters. The lowest BCUT2D eigenvalue weighted by Crippen LogP contribution is -2.05. The van der Waals surface area contributed by atoms with Crippen molar-refractivity contribution in [3.8, 4) is 0 Å². The van der Waals surface area contributed by atoms with Crippen LogP contribution in [0.1, 0.15) is 17.2 Å². The molecule has 0 bridgehead atoms. The molecule has 1 heterocycles. The minimum Gasteiger partial charge on any atom is -0.324 e. The van der Waals surface area contributed by atoms with Crippen molar-refractivity contribution < 1.29 is 0 Å². The molecule has 0 aliphatic heterocycles. The predicted octanol–water partition coefficient (Wildman–Crippen LogP) is 1.52. The second kappa shape index (κ2) is 4.63. The number of aromatic nitrogens is 3. The fraction of sp³-hybridized carbons (Fsp3) is 0.273. The number of rotatable bonds is 3. The van der Waals surface area contributed by atoms with E-state index in [1.54, 1.807) is 4.68 Å². The van der Waals surface area contributed by atoms with Gasteiger partial charge in [-0.1, -0.05) is 23.7 Å². The fourth-order valence-electron chi connectivity index (χ4n) is 1.51. The smallest absolute Gasteiger partial charge is 0.155 e. The van der Waals surface area contributed by atoms with E-state index < -0.39 is 0 Å². The van der Waals surface area contributed by atoms with Crippen molar-refractivity contribution in [1.82, 2.24) is 14.8 Å². The number of halogens is 1. The average molecular weight is 237 g/mol. The lowest BCUT2D eigenvalue weighted by Gasteiger charge is -1.96. The van der Waals surface area contributed by atoms with Crippen LogP contribution >= 0.6 is 11.6 Å². The number of nitrogens with two attached hydrogens (primary N) is 1. The van der Waals surface area contributed by atoms with E-state index in [4.69, 9.17) is 17.3 Å². The summed E-state index contributed by atoms with van der Waals surface area (Å²) in [6.07, 6.45) is 0.699. The van der Waals surface area contributed by atoms with Gasteiger partial charge in [0.25, 0.3) is 0 Å². The molecule has 2 aromatic rings. The molecule has 0 saturated carbocycles. The molecule has 2 N–H and O–H groups in total. The fourth-order valence-corrected chi connectivity index (χ4v) is 1.64. The van der Waals surface area contributed by atoms with Gasteiger partial charge < -0.3 is 5.73 Å². The zero-order chi connectivity index (χ0) is 11.5. The Bertz CT molecular complexity index is 475. The molecular formula is C11H13ClN4. The second-order valence-electron chi connectivity index (χ2n) is 3.58. The van der Waals surface area contributed by atoms with Crippen molar-refractivity contribution in [3.05, 3.63) is 46.5 Å². The first-order valence-electron chi connectivity index (χ1n) is 5.02. The van der Waals surface area contributed by atoms with Gasteiger partial charge in [-0.05, 0) is 17.7 Å².